The van der Waals surface area contributed by atoms with Gasteiger partial charge in [0.2, 0.25) is 0 Å². The van der Waals surface area contributed by atoms with Crippen molar-refractivity contribution in [1.82, 2.24) is 0 Å². The van der Waals surface area contributed by atoms with Crippen LogP contribution in [0.25, 0.3) is 0 Å². The monoisotopic (exact) mass is 472 g/mol. The first-order chi connectivity index (χ1) is 14.5. The Hall–Kier alpha value is 0.0338. The van der Waals surface area contributed by atoms with Crippen molar-refractivity contribution in [1.29, 1.82) is 0 Å². The van der Waals surface area contributed by atoms with E-state index >= 15 is 0 Å². The minimum atomic E-state index is -2.39. The van der Waals surface area contributed by atoms with E-state index in [0.29, 0.717) is 38.6 Å². The fourth-order valence-electron chi connectivity index (χ4n) is 2.65. The number of ether oxygens (including phenoxy) is 4. The van der Waals surface area contributed by atoms with Gasteiger partial charge in [-0.3, -0.25) is 0 Å². The third-order valence-corrected chi connectivity index (χ3v) is 10.5. The van der Waals surface area contributed by atoms with E-state index in [9.17, 15) is 0 Å². The molecule has 2 fully saturated rings. The lowest BCUT2D eigenvalue weighted by Gasteiger charge is -2.24. The van der Waals surface area contributed by atoms with Gasteiger partial charge in [0.25, 0.3) is 0 Å². The number of hydrogen-bond acceptors (Lipinski definition) is 10. The van der Waals surface area contributed by atoms with E-state index in [4.69, 9.17) is 45.5 Å². The van der Waals surface area contributed by atoms with Crippen LogP contribution in [0.1, 0.15) is 12.8 Å². The van der Waals surface area contributed by atoms with Gasteiger partial charge in [-0.2, -0.15) is 0 Å². The van der Waals surface area contributed by atoms with Crippen LogP contribution in [-0.4, -0.2) is 112 Å². The predicted octanol–water partition coefficient (Wildman–Crippen LogP) is 1.34. The van der Waals surface area contributed by atoms with Gasteiger partial charge in [0.05, 0.1) is 26.4 Å². The summed E-state index contributed by atoms with van der Waals surface area (Å²) in [7, 11) is 4.96. The van der Waals surface area contributed by atoms with Crippen molar-refractivity contribution < 1.29 is 45.5 Å². The molecule has 180 valence electrons. The quantitative estimate of drug-likeness (QED) is 0.165. The maximum atomic E-state index is 5.42. The molecule has 0 aliphatic carbocycles. The van der Waals surface area contributed by atoms with Crippen molar-refractivity contribution in [2.24, 2.45) is 0 Å². The van der Waals surface area contributed by atoms with Crippen molar-refractivity contribution >= 4 is 17.6 Å². The normalized spacial score (nSPS) is 20.6. The third kappa shape index (κ3) is 11.6. The van der Waals surface area contributed by atoms with E-state index in [1.807, 2.05) is 0 Å². The molecule has 0 radical (unpaired) electrons. The Bertz CT molecular complexity index is 361. The van der Waals surface area contributed by atoms with E-state index < -0.39 is 17.6 Å². The minimum absolute atomic E-state index is 0.333. The zero-order chi connectivity index (χ0) is 22.3. The Morgan fingerprint density at radius 2 is 0.900 bits per heavy atom. The van der Waals surface area contributed by atoms with Gasteiger partial charge in [0.1, 0.15) is 12.2 Å². The Labute approximate surface area is 183 Å². The summed E-state index contributed by atoms with van der Waals surface area (Å²) in [6.07, 6.45) is 2.43. The van der Waals surface area contributed by atoms with Gasteiger partial charge in [-0.1, -0.05) is 0 Å². The summed E-state index contributed by atoms with van der Waals surface area (Å²) in [6.45, 7) is 4.47. The Morgan fingerprint density at radius 1 is 0.600 bits per heavy atom. The van der Waals surface area contributed by atoms with E-state index in [1.54, 1.807) is 42.7 Å². The second-order valence-corrected chi connectivity index (χ2v) is 13.0. The smallest absolute Gasteiger partial charge is 0.379 e. The summed E-state index contributed by atoms with van der Waals surface area (Å²) in [5, 5.41) is 0. The maximum Gasteiger partial charge on any atom is 0.500 e. The van der Waals surface area contributed by atoms with Gasteiger partial charge in [0, 0.05) is 68.0 Å². The summed E-state index contributed by atoms with van der Waals surface area (Å²) in [4.78, 5) is 0. The molecule has 30 heavy (non-hydrogen) atoms. The van der Waals surface area contributed by atoms with Crippen LogP contribution >= 0.6 is 0 Å². The van der Waals surface area contributed by atoms with Gasteiger partial charge in [-0.05, 0) is 12.8 Å². The van der Waals surface area contributed by atoms with Crippen LogP contribution in [0.15, 0.2) is 0 Å². The average Bonchev–Trinajstić information content (AvgIpc) is 3.70. The van der Waals surface area contributed by atoms with E-state index in [0.717, 1.165) is 38.1 Å². The summed E-state index contributed by atoms with van der Waals surface area (Å²) in [5.41, 5.74) is 0. The van der Waals surface area contributed by atoms with Crippen LogP contribution in [0.5, 0.6) is 0 Å². The summed E-state index contributed by atoms with van der Waals surface area (Å²) in [6, 6.07) is 1.56. The molecule has 2 saturated heterocycles. The lowest BCUT2D eigenvalue weighted by Crippen LogP contribution is -2.42. The molecule has 0 spiro atoms. The Balaban J connectivity index is 0.000000300. The molecule has 0 aromatic heterocycles. The zero-order valence-electron chi connectivity index (χ0n) is 19.3. The standard InChI is InChI=1S/2C9H20O5Si/c2*1-10-15(11-2,12-3)6-4-5-13-7-9-8-14-9/h2*9H,4-8H2,1-3H3. The minimum Gasteiger partial charge on any atom is -0.379 e. The lowest BCUT2D eigenvalue weighted by atomic mass is 10.5. The van der Waals surface area contributed by atoms with Crippen molar-refractivity contribution in [2.75, 3.05) is 82.3 Å². The van der Waals surface area contributed by atoms with Crippen molar-refractivity contribution in [3.63, 3.8) is 0 Å². The SMILES string of the molecule is CO[Si](CCCOCC1CO1)(OC)OC.CO[Si](CCCOCC1CO1)(OC)OC. The molecular weight excluding hydrogens is 432 g/mol. The van der Waals surface area contributed by atoms with Gasteiger partial charge in [-0.25, -0.2) is 0 Å². The molecule has 10 nitrogen and oxygen atoms in total. The maximum absolute atomic E-state index is 5.42. The summed E-state index contributed by atoms with van der Waals surface area (Å²) >= 11 is 0. The molecule has 0 bridgehead atoms. The molecule has 2 unspecified atom stereocenters. The van der Waals surface area contributed by atoms with Crippen molar-refractivity contribution in [2.45, 2.75) is 37.1 Å². The van der Waals surface area contributed by atoms with Crippen LogP contribution in [0.2, 0.25) is 12.1 Å². The van der Waals surface area contributed by atoms with Gasteiger partial charge in [0.15, 0.2) is 0 Å². The fraction of sp³-hybridized carbons (Fsp3) is 1.00. The molecule has 12 heteroatoms. The van der Waals surface area contributed by atoms with Gasteiger partial charge >= 0.3 is 17.6 Å². The first kappa shape index (κ1) is 28.1. The highest BCUT2D eigenvalue weighted by Gasteiger charge is 2.37. The molecular formula is C18H40O10Si2. The summed E-state index contributed by atoms with van der Waals surface area (Å²) in [5.74, 6) is 0. The second-order valence-electron chi connectivity index (χ2n) is 6.86. The molecule has 0 N–H and O–H groups in total. The van der Waals surface area contributed by atoms with Crippen LogP contribution in [0, 0.1) is 0 Å². The van der Waals surface area contributed by atoms with E-state index in [1.165, 1.54) is 0 Å². The van der Waals surface area contributed by atoms with E-state index in [-0.39, 0.29) is 0 Å². The van der Waals surface area contributed by atoms with Crippen molar-refractivity contribution in [3.05, 3.63) is 0 Å². The third-order valence-electron chi connectivity index (χ3n) is 4.82. The predicted molar refractivity (Wildman–Crippen MR) is 114 cm³/mol. The molecule has 0 amide bonds. The average molecular weight is 473 g/mol. The first-order valence-corrected chi connectivity index (χ1v) is 14.1. The number of rotatable bonds is 18. The highest BCUT2D eigenvalue weighted by Crippen LogP contribution is 2.16. The molecule has 2 heterocycles. The fourth-order valence-corrected chi connectivity index (χ4v) is 6.03. The van der Waals surface area contributed by atoms with Crippen LogP contribution in [-0.2, 0) is 45.5 Å². The molecule has 2 aliphatic rings. The Kier molecular flexibility index (Phi) is 14.8. The molecule has 2 rings (SSSR count). The first-order valence-electron chi connectivity index (χ1n) is 10.2. The highest BCUT2D eigenvalue weighted by molar-refractivity contribution is 6.60. The molecule has 2 aliphatic heterocycles. The number of hydrogen-bond donors (Lipinski definition) is 0. The topological polar surface area (TPSA) is 98.9 Å². The van der Waals surface area contributed by atoms with Crippen LogP contribution < -0.4 is 0 Å². The zero-order valence-corrected chi connectivity index (χ0v) is 21.3. The molecule has 0 saturated carbocycles. The van der Waals surface area contributed by atoms with Gasteiger partial charge in [-0.15, -0.1) is 0 Å². The molecule has 0 aromatic rings. The largest absolute Gasteiger partial charge is 0.500 e. The number of epoxide rings is 2. The molecule has 0 aromatic carbocycles. The van der Waals surface area contributed by atoms with Crippen LogP contribution in [0.4, 0.5) is 0 Å². The van der Waals surface area contributed by atoms with Crippen molar-refractivity contribution in [3.8, 4) is 0 Å². The van der Waals surface area contributed by atoms with E-state index in [2.05, 4.69) is 0 Å². The molecule has 2 atom stereocenters. The second kappa shape index (κ2) is 15.8. The Morgan fingerprint density at radius 3 is 1.13 bits per heavy atom. The summed E-state index contributed by atoms with van der Waals surface area (Å²) < 4.78 is 52.6. The lowest BCUT2D eigenvalue weighted by molar-refractivity contribution is 0.0999. The van der Waals surface area contributed by atoms with Crippen LogP contribution in [0.3, 0.4) is 0 Å². The van der Waals surface area contributed by atoms with Gasteiger partial charge < -0.3 is 45.5 Å². The highest BCUT2D eigenvalue weighted by atomic mass is 28.4.